The van der Waals surface area contributed by atoms with Crippen molar-refractivity contribution in [3.8, 4) is 0 Å². The van der Waals surface area contributed by atoms with E-state index in [1.165, 1.54) is 25.5 Å². The number of hydrogen-bond acceptors (Lipinski definition) is 3. The molecule has 0 radical (unpaired) electrons. The van der Waals surface area contributed by atoms with Crippen molar-refractivity contribution in [3.05, 3.63) is 34.3 Å². The monoisotopic (exact) mass is 215 g/mol. The molecule has 6 heteroatoms. The molecule has 5 nitrogen and oxygen atoms in total. The topological polar surface area (TPSA) is 70.3 Å². The van der Waals surface area contributed by atoms with Crippen LogP contribution in [0.4, 0.5) is 4.79 Å². The molecular formula is C8H8ClN2O3-. The van der Waals surface area contributed by atoms with Crippen molar-refractivity contribution in [2.24, 2.45) is 0 Å². The highest BCUT2D eigenvalue weighted by Gasteiger charge is 2.07. The van der Waals surface area contributed by atoms with Crippen LogP contribution in [0.5, 0.6) is 0 Å². The summed E-state index contributed by atoms with van der Waals surface area (Å²) < 4.78 is 0.560. The molecule has 1 amide bonds. The lowest BCUT2D eigenvalue weighted by atomic mass is 10.3. The molecule has 0 unspecified atom stereocenters. The van der Waals surface area contributed by atoms with Gasteiger partial charge in [0, 0.05) is 13.1 Å². The van der Waals surface area contributed by atoms with Crippen molar-refractivity contribution >= 4 is 17.7 Å². The zero-order valence-corrected chi connectivity index (χ0v) is 8.19. The fraction of sp³-hybridized carbons (Fsp3) is 0.250. The van der Waals surface area contributed by atoms with Gasteiger partial charge in [0.05, 0.1) is 17.1 Å². The summed E-state index contributed by atoms with van der Waals surface area (Å²) in [6.45, 7) is 0.0320. The highest BCUT2D eigenvalue weighted by atomic mass is 35.5. The predicted molar refractivity (Wildman–Crippen MR) is 47.3 cm³/mol. The third-order valence-corrected chi connectivity index (χ3v) is 2.05. The first-order chi connectivity index (χ1) is 6.50. The number of nitrogens with zero attached hydrogens (tertiary/aromatic N) is 2. The Kier molecular flexibility index (Phi) is 3.14. The van der Waals surface area contributed by atoms with E-state index in [-0.39, 0.29) is 6.54 Å². The summed E-state index contributed by atoms with van der Waals surface area (Å²) in [5, 5.41) is 21.6. The number of aromatic nitrogens is 1. The van der Waals surface area contributed by atoms with Gasteiger partial charge in [0.15, 0.2) is 12.4 Å². The van der Waals surface area contributed by atoms with Gasteiger partial charge in [-0.25, -0.2) is 0 Å². The Bertz CT molecular complexity index is 356. The fourth-order valence-corrected chi connectivity index (χ4v) is 1.11. The van der Waals surface area contributed by atoms with Crippen LogP contribution in [-0.2, 0) is 6.54 Å². The zero-order valence-electron chi connectivity index (χ0n) is 7.44. The highest BCUT2D eigenvalue weighted by Crippen LogP contribution is 2.14. The van der Waals surface area contributed by atoms with Crippen molar-refractivity contribution < 1.29 is 14.6 Å². The van der Waals surface area contributed by atoms with Crippen LogP contribution in [0, 0.1) is 5.21 Å². The van der Waals surface area contributed by atoms with Crippen LogP contribution in [0.1, 0.15) is 5.56 Å². The minimum absolute atomic E-state index is 0.0320. The second-order valence-electron chi connectivity index (χ2n) is 2.80. The number of carbonyl (C=O) groups excluding carboxylic acids is 1. The Morgan fingerprint density at radius 2 is 2.36 bits per heavy atom. The van der Waals surface area contributed by atoms with Crippen LogP contribution in [0.15, 0.2) is 18.5 Å². The molecule has 0 N–H and O–H groups in total. The summed E-state index contributed by atoms with van der Waals surface area (Å²) >= 11 is 5.75. The van der Waals surface area contributed by atoms with Crippen LogP contribution >= 0.6 is 11.6 Å². The first-order valence-corrected chi connectivity index (χ1v) is 4.18. The van der Waals surface area contributed by atoms with Crippen LogP contribution in [0.2, 0.25) is 5.02 Å². The van der Waals surface area contributed by atoms with Gasteiger partial charge in [-0.15, -0.1) is 0 Å². The maximum atomic E-state index is 10.9. The van der Waals surface area contributed by atoms with E-state index >= 15 is 0 Å². The molecule has 0 aliphatic heterocycles. The van der Waals surface area contributed by atoms with Crippen molar-refractivity contribution in [1.82, 2.24) is 4.90 Å². The van der Waals surface area contributed by atoms with Gasteiger partial charge in [-0.3, -0.25) is 0 Å². The second-order valence-corrected chi connectivity index (χ2v) is 3.21. The van der Waals surface area contributed by atoms with Crippen LogP contribution < -0.4 is 9.84 Å². The van der Waals surface area contributed by atoms with E-state index in [0.29, 0.717) is 15.3 Å². The van der Waals surface area contributed by atoms with Gasteiger partial charge in [0.1, 0.15) is 6.09 Å². The largest absolute Gasteiger partial charge is 0.619 e. The normalized spacial score (nSPS) is 9.86. The van der Waals surface area contributed by atoms with E-state index in [1.807, 2.05) is 0 Å². The zero-order chi connectivity index (χ0) is 10.7. The standard InChI is InChI=1S/C8H9ClN2O3/c1-10(8(12)13)4-6-5-11(14)3-2-7(6)9/h2-3,5H,4H2,1H3,(H,12,13)/p-1. The quantitative estimate of drug-likeness (QED) is 0.505. The summed E-state index contributed by atoms with van der Waals surface area (Å²) in [6.07, 6.45) is 1.15. The molecule has 1 rings (SSSR count). The molecule has 0 fully saturated rings. The molecule has 1 aromatic rings. The third kappa shape index (κ3) is 2.50. The van der Waals surface area contributed by atoms with Crippen molar-refractivity contribution in [2.45, 2.75) is 6.54 Å². The van der Waals surface area contributed by atoms with Gasteiger partial charge in [0.2, 0.25) is 0 Å². The van der Waals surface area contributed by atoms with Crippen LogP contribution in [0.25, 0.3) is 0 Å². The van der Waals surface area contributed by atoms with E-state index in [9.17, 15) is 15.1 Å². The minimum Gasteiger partial charge on any atom is -0.619 e. The lowest BCUT2D eigenvalue weighted by Gasteiger charge is -2.19. The lowest BCUT2D eigenvalue weighted by Crippen LogP contribution is -2.38. The van der Waals surface area contributed by atoms with Gasteiger partial charge in [0.25, 0.3) is 0 Å². The van der Waals surface area contributed by atoms with E-state index in [4.69, 9.17) is 11.6 Å². The smallest absolute Gasteiger partial charge is 0.186 e. The van der Waals surface area contributed by atoms with Crippen molar-refractivity contribution in [3.63, 3.8) is 0 Å². The number of hydrogen-bond donors (Lipinski definition) is 0. The molecule has 0 bridgehead atoms. The molecule has 0 atom stereocenters. The number of halogens is 1. The van der Waals surface area contributed by atoms with Gasteiger partial charge in [-0.1, -0.05) is 11.6 Å². The molecule has 0 aliphatic carbocycles. The fourth-order valence-electron chi connectivity index (χ4n) is 0.941. The van der Waals surface area contributed by atoms with E-state index in [1.54, 1.807) is 0 Å². The van der Waals surface area contributed by atoms with Crippen molar-refractivity contribution in [2.75, 3.05) is 7.05 Å². The summed E-state index contributed by atoms with van der Waals surface area (Å²) in [5.74, 6) is 0. The average Bonchev–Trinajstić information content (AvgIpc) is 2.11. The Balaban J connectivity index is 2.85. The van der Waals surface area contributed by atoms with Gasteiger partial charge in [-0.2, -0.15) is 4.73 Å². The Labute approximate surface area is 85.7 Å². The second kappa shape index (κ2) is 4.15. The predicted octanol–water partition coefficient (Wildman–Crippen LogP) is -0.252. The molecule has 0 aromatic carbocycles. The van der Waals surface area contributed by atoms with Crippen molar-refractivity contribution in [1.29, 1.82) is 0 Å². The van der Waals surface area contributed by atoms with Gasteiger partial charge in [-0.05, 0) is 0 Å². The number of amides is 1. The van der Waals surface area contributed by atoms with E-state index in [2.05, 4.69) is 0 Å². The highest BCUT2D eigenvalue weighted by molar-refractivity contribution is 6.31. The first kappa shape index (κ1) is 10.6. The maximum absolute atomic E-state index is 10.9. The first-order valence-electron chi connectivity index (χ1n) is 3.80. The molecule has 14 heavy (non-hydrogen) atoms. The third-order valence-electron chi connectivity index (χ3n) is 1.68. The molecule has 1 heterocycles. The van der Waals surface area contributed by atoms with Gasteiger partial charge >= 0.3 is 0 Å². The number of rotatable bonds is 2. The number of carboxylic acid groups (broad SMARTS) is 1. The Hall–Kier alpha value is -1.49. The molecular weight excluding hydrogens is 208 g/mol. The lowest BCUT2D eigenvalue weighted by molar-refractivity contribution is -0.605. The maximum Gasteiger partial charge on any atom is 0.186 e. The summed E-state index contributed by atoms with van der Waals surface area (Å²) in [7, 11) is 1.34. The van der Waals surface area contributed by atoms with E-state index < -0.39 is 6.09 Å². The minimum atomic E-state index is -1.32. The summed E-state index contributed by atoms with van der Waals surface area (Å²) in [6, 6.07) is 1.41. The Morgan fingerprint density at radius 1 is 1.71 bits per heavy atom. The average molecular weight is 216 g/mol. The molecule has 76 valence electrons. The molecule has 0 aliphatic rings. The van der Waals surface area contributed by atoms with Crippen LogP contribution in [-0.4, -0.2) is 18.0 Å². The molecule has 0 saturated carbocycles. The SMILES string of the molecule is CN(Cc1c[n+]([O-])ccc1Cl)C(=O)[O-]. The summed E-state index contributed by atoms with van der Waals surface area (Å²) in [4.78, 5) is 11.3. The number of carbonyl (C=O) groups is 1. The Morgan fingerprint density at radius 3 is 2.93 bits per heavy atom. The molecule has 0 saturated heterocycles. The molecule has 1 aromatic heterocycles. The number of pyridine rings is 1. The van der Waals surface area contributed by atoms with E-state index in [0.717, 1.165) is 4.90 Å². The summed E-state index contributed by atoms with van der Waals surface area (Å²) in [5.41, 5.74) is 0.441. The molecule has 0 spiro atoms. The van der Waals surface area contributed by atoms with Crippen LogP contribution in [0.3, 0.4) is 0 Å². The van der Waals surface area contributed by atoms with Gasteiger partial charge < -0.3 is 20.0 Å².